The number of anilines is 3. The first kappa shape index (κ1) is 28.4. The average Bonchev–Trinajstić information content (AvgIpc) is 3.02. The molecule has 5 aromatic carbocycles. The van der Waals surface area contributed by atoms with Crippen LogP contribution in [0.15, 0.2) is 150 Å². The number of nitrogens with zero attached hydrogens (tertiary/aromatic N) is 2. The predicted molar refractivity (Wildman–Crippen MR) is 183 cm³/mol. The van der Waals surface area contributed by atoms with E-state index in [1.165, 1.54) is 5.56 Å². The quantitative estimate of drug-likeness (QED) is 0.177. The van der Waals surface area contributed by atoms with Gasteiger partial charge in [0.2, 0.25) is 0 Å². The summed E-state index contributed by atoms with van der Waals surface area (Å²) in [6.07, 6.45) is 1.91. The van der Waals surface area contributed by atoms with Crippen LogP contribution < -0.4 is 9.64 Å². The molecule has 43 heavy (non-hydrogen) atoms. The smallest absolute Gasteiger partial charge is 0.137 e. The summed E-state index contributed by atoms with van der Waals surface area (Å²) < 4.78 is 7.32. The van der Waals surface area contributed by atoms with Gasteiger partial charge >= 0.3 is 0 Å². The van der Waals surface area contributed by atoms with E-state index < -0.39 is 0 Å². The number of pyridine rings is 1. The first-order valence-corrected chi connectivity index (χ1v) is 15.2. The summed E-state index contributed by atoms with van der Waals surface area (Å²) in [5, 5.41) is 0. The highest BCUT2D eigenvalue weighted by molar-refractivity contribution is 9.10. The van der Waals surface area contributed by atoms with Gasteiger partial charge in [-0.1, -0.05) is 128 Å². The maximum Gasteiger partial charge on any atom is 0.137 e. The van der Waals surface area contributed by atoms with Crippen molar-refractivity contribution in [2.45, 2.75) is 26.2 Å². The van der Waals surface area contributed by atoms with Crippen LogP contribution in [0.1, 0.15) is 26.3 Å². The first-order valence-electron chi connectivity index (χ1n) is 14.4. The molecule has 0 aliphatic carbocycles. The van der Waals surface area contributed by atoms with E-state index in [1.807, 2.05) is 42.6 Å². The SMILES string of the molecule is CC(C)(C)c1ccnc(N(c2cccc(Oc3cccc(Br)c3)c2)c2c(-c3ccccc3)cccc2-c2ccccc2)c1. The Bertz CT molecular complexity index is 1790. The van der Waals surface area contributed by atoms with Gasteiger partial charge < -0.3 is 4.74 Å². The van der Waals surface area contributed by atoms with Crippen molar-refractivity contribution in [1.82, 2.24) is 4.98 Å². The van der Waals surface area contributed by atoms with Gasteiger partial charge in [-0.3, -0.25) is 4.90 Å². The van der Waals surface area contributed by atoms with Crippen LogP contribution in [-0.2, 0) is 5.41 Å². The lowest BCUT2D eigenvalue weighted by Crippen LogP contribution is -2.17. The van der Waals surface area contributed by atoms with E-state index in [2.05, 4.69) is 145 Å². The van der Waals surface area contributed by atoms with Gasteiger partial charge in [0.25, 0.3) is 0 Å². The number of hydrogen-bond acceptors (Lipinski definition) is 3. The molecule has 0 spiro atoms. The normalized spacial score (nSPS) is 11.3. The zero-order valence-electron chi connectivity index (χ0n) is 24.5. The molecule has 0 amide bonds. The molecule has 0 atom stereocenters. The Morgan fingerprint density at radius 2 is 1.19 bits per heavy atom. The molecule has 6 rings (SSSR count). The molecule has 0 saturated heterocycles. The average molecular weight is 626 g/mol. The molecule has 0 fully saturated rings. The molecule has 6 aromatic rings. The fourth-order valence-corrected chi connectivity index (χ4v) is 5.60. The van der Waals surface area contributed by atoms with Crippen LogP contribution in [0.25, 0.3) is 22.3 Å². The largest absolute Gasteiger partial charge is 0.457 e. The second kappa shape index (κ2) is 12.3. The minimum atomic E-state index is -0.0454. The minimum Gasteiger partial charge on any atom is -0.457 e. The van der Waals surface area contributed by atoms with Crippen molar-refractivity contribution in [1.29, 1.82) is 0 Å². The van der Waals surface area contributed by atoms with Crippen molar-refractivity contribution in [3.05, 3.63) is 156 Å². The Labute approximate surface area is 262 Å². The number of para-hydroxylation sites is 1. The van der Waals surface area contributed by atoms with E-state index in [1.54, 1.807) is 0 Å². The first-order chi connectivity index (χ1) is 20.9. The number of rotatable bonds is 7. The summed E-state index contributed by atoms with van der Waals surface area (Å²) in [4.78, 5) is 7.25. The van der Waals surface area contributed by atoms with E-state index in [0.717, 1.165) is 55.4 Å². The molecule has 0 bridgehead atoms. The number of hydrogen-bond donors (Lipinski definition) is 0. The highest BCUT2D eigenvalue weighted by Crippen LogP contribution is 2.47. The monoisotopic (exact) mass is 624 g/mol. The fourth-order valence-electron chi connectivity index (χ4n) is 5.22. The number of halogens is 1. The number of ether oxygens (including phenoxy) is 1. The molecule has 0 aliphatic heterocycles. The molecule has 4 heteroatoms. The molecule has 0 radical (unpaired) electrons. The maximum atomic E-state index is 6.35. The standard InChI is InChI=1S/C39H33BrN2O/c1-39(2,3)30-23-24-41-37(25-30)42(32-18-11-20-34(27-32)43-33-19-10-17-31(40)26-33)38-35(28-13-6-4-7-14-28)21-12-22-36(38)29-15-8-5-9-16-29/h4-27H,1-3H3. The topological polar surface area (TPSA) is 25.4 Å². The Morgan fingerprint density at radius 1 is 0.605 bits per heavy atom. The van der Waals surface area contributed by atoms with Gasteiger partial charge in [-0.25, -0.2) is 4.98 Å². The van der Waals surface area contributed by atoms with E-state index in [4.69, 9.17) is 9.72 Å². The molecule has 0 N–H and O–H groups in total. The van der Waals surface area contributed by atoms with Crippen molar-refractivity contribution < 1.29 is 4.74 Å². The summed E-state index contributed by atoms with van der Waals surface area (Å²) in [5.74, 6) is 2.35. The van der Waals surface area contributed by atoms with Crippen LogP contribution in [0, 0.1) is 0 Å². The lowest BCUT2D eigenvalue weighted by Gasteiger charge is -2.31. The van der Waals surface area contributed by atoms with E-state index >= 15 is 0 Å². The lowest BCUT2D eigenvalue weighted by atomic mass is 9.87. The van der Waals surface area contributed by atoms with Crippen molar-refractivity contribution >= 4 is 33.1 Å². The van der Waals surface area contributed by atoms with E-state index in [-0.39, 0.29) is 5.41 Å². The second-order valence-corrected chi connectivity index (χ2v) is 12.4. The molecular formula is C39H33BrN2O. The van der Waals surface area contributed by atoms with Crippen molar-refractivity contribution in [2.75, 3.05) is 4.90 Å². The Balaban J connectivity index is 1.62. The molecule has 1 aromatic heterocycles. The van der Waals surface area contributed by atoms with Gasteiger partial charge in [0, 0.05) is 27.9 Å². The number of aromatic nitrogens is 1. The van der Waals surface area contributed by atoms with Gasteiger partial charge in [-0.05, 0) is 64.6 Å². The summed E-state index contributed by atoms with van der Waals surface area (Å²) in [6, 6.07) is 48.1. The van der Waals surface area contributed by atoms with Crippen molar-refractivity contribution in [3.63, 3.8) is 0 Å². The molecular weight excluding hydrogens is 592 g/mol. The summed E-state index contributed by atoms with van der Waals surface area (Å²) in [5.41, 5.74) is 7.66. The molecule has 0 unspecified atom stereocenters. The molecule has 3 nitrogen and oxygen atoms in total. The fraction of sp³-hybridized carbons (Fsp3) is 0.103. The summed E-state index contributed by atoms with van der Waals surface area (Å²) >= 11 is 3.56. The highest BCUT2D eigenvalue weighted by atomic mass is 79.9. The van der Waals surface area contributed by atoms with Crippen molar-refractivity contribution in [2.24, 2.45) is 0 Å². The van der Waals surface area contributed by atoms with Crippen LogP contribution in [0.2, 0.25) is 0 Å². The number of benzene rings is 5. The van der Waals surface area contributed by atoms with Gasteiger partial charge in [-0.15, -0.1) is 0 Å². The van der Waals surface area contributed by atoms with Gasteiger partial charge in [0.15, 0.2) is 0 Å². The van der Waals surface area contributed by atoms with Gasteiger partial charge in [0.05, 0.1) is 11.4 Å². The zero-order chi connectivity index (χ0) is 29.8. The third kappa shape index (κ3) is 6.40. The highest BCUT2D eigenvalue weighted by Gasteiger charge is 2.24. The van der Waals surface area contributed by atoms with Gasteiger partial charge in [0.1, 0.15) is 17.3 Å². The predicted octanol–water partition coefficient (Wildman–Crippen LogP) is 11.7. The second-order valence-electron chi connectivity index (χ2n) is 11.5. The third-order valence-corrected chi connectivity index (χ3v) is 7.87. The molecule has 0 aliphatic rings. The van der Waals surface area contributed by atoms with Crippen LogP contribution in [-0.4, -0.2) is 4.98 Å². The summed E-state index contributed by atoms with van der Waals surface area (Å²) in [7, 11) is 0. The lowest BCUT2D eigenvalue weighted by molar-refractivity contribution is 0.482. The van der Waals surface area contributed by atoms with Crippen LogP contribution >= 0.6 is 15.9 Å². The molecule has 0 saturated carbocycles. The van der Waals surface area contributed by atoms with Crippen LogP contribution in [0.3, 0.4) is 0 Å². The Kier molecular flexibility index (Phi) is 8.13. The van der Waals surface area contributed by atoms with Crippen LogP contribution in [0.4, 0.5) is 17.2 Å². The summed E-state index contributed by atoms with van der Waals surface area (Å²) in [6.45, 7) is 6.70. The van der Waals surface area contributed by atoms with Crippen LogP contribution in [0.5, 0.6) is 11.5 Å². The molecule has 212 valence electrons. The van der Waals surface area contributed by atoms with Gasteiger partial charge in [-0.2, -0.15) is 0 Å². The van der Waals surface area contributed by atoms with E-state index in [9.17, 15) is 0 Å². The van der Waals surface area contributed by atoms with E-state index in [0.29, 0.717) is 0 Å². The third-order valence-electron chi connectivity index (χ3n) is 7.38. The minimum absolute atomic E-state index is 0.0454. The Morgan fingerprint density at radius 3 is 1.79 bits per heavy atom. The van der Waals surface area contributed by atoms with Crippen molar-refractivity contribution in [3.8, 4) is 33.8 Å². The Hall–Kier alpha value is -4.67. The zero-order valence-corrected chi connectivity index (χ0v) is 26.1. The maximum absolute atomic E-state index is 6.35. The molecule has 1 heterocycles.